The smallest absolute Gasteiger partial charge is 0.421 e. The van der Waals surface area contributed by atoms with Crippen LogP contribution < -0.4 is 4.74 Å². The fourth-order valence-electron chi connectivity index (χ4n) is 4.05. The van der Waals surface area contributed by atoms with Crippen molar-refractivity contribution in [1.29, 1.82) is 0 Å². The van der Waals surface area contributed by atoms with Crippen molar-refractivity contribution in [1.82, 2.24) is 9.88 Å². The number of hydrogen-bond acceptors (Lipinski definition) is 4. The highest BCUT2D eigenvalue weighted by Crippen LogP contribution is 2.53. The van der Waals surface area contributed by atoms with Crippen molar-refractivity contribution < 1.29 is 27.4 Å². The molecule has 0 aromatic carbocycles. The highest BCUT2D eigenvalue weighted by Gasteiger charge is 2.54. The maximum absolute atomic E-state index is 12.9. The average Bonchev–Trinajstić information content (AvgIpc) is 2.44. The van der Waals surface area contributed by atoms with E-state index in [0.29, 0.717) is 31.1 Å². The standard InChI is InChI=1S/C19H25F3N2O3/c1-17(2,3)27-16(25)24-10-18(11-24)8-12(9-18)7-13-5-6-14(19(20,21)22)15(23-13)26-4/h5-6,12H,7-11H2,1-4H3. The Kier molecular flexibility index (Phi) is 4.80. The van der Waals surface area contributed by atoms with Crippen molar-refractivity contribution in [3.63, 3.8) is 0 Å². The van der Waals surface area contributed by atoms with Crippen LogP contribution in [0.4, 0.5) is 18.0 Å². The molecular weight excluding hydrogens is 361 g/mol. The van der Waals surface area contributed by atoms with Crippen molar-refractivity contribution in [3.05, 3.63) is 23.4 Å². The molecule has 2 aliphatic rings. The number of likely N-dealkylation sites (tertiary alicyclic amines) is 1. The molecule has 1 saturated carbocycles. The van der Waals surface area contributed by atoms with Crippen LogP contribution in [-0.4, -0.2) is 41.8 Å². The molecule has 1 aliphatic carbocycles. The van der Waals surface area contributed by atoms with E-state index in [1.54, 1.807) is 4.90 Å². The minimum Gasteiger partial charge on any atom is -0.481 e. The predicted octanol–water partition coefficient (Wildman–Crippen LogP) is 4.30. The Balaban J connectivity index is 1.51. The highest BCUT2D eigenvalue weighted by atomic mass is 19.4. The Morgan fingerprint density at radius 2 is 1.89 bits per heavy atom. The Labute approximate surface area is 156 Å². The molecule has 1 aromatic heterocycles. The highest BCUT2D eigenvalue weighted by molar-refractivity contribution is 5.69. The normalized spacial score (nSPS) is 19.4. The number of alkyl halides is 3. The second-order valence-electron chi connectivity index (χ2n) is 8.67. The SMILES string of the molecule is COc1nc(CC2CC3(C2)CN(C(=O)OC(C)(C)C)C3)ccc1C(F)(F)F. The van der Waals surface area contributed by atoms with Gasteiger partial charge in [0.25, 0.3) is 0 Å². The topological polar surface area (TPSA) is 51.7 Å². The Hall–Kier alpha value is -1.99. The third-order valence-electron chi connectivity index (χ3n) is 5.06. The molecule has 8 heteroatoms. The summed E-state index contributed by atoms with van der Waals surface area (Å²) >= 11 is 0. The number of carbonyl (C=O) groups is 1. The third-order valence-corrected chi connectivity index (χ3v) is 5.06. The lowest BCUT2D eigenvalue weighted by molar-refractivity contribution is -0.139. The number of nitrogens with zero attached hydrogens (tertiary/aromatic N) is 2. The first-order valence-corrected chi connectivity index (χ1v) is 9.00. The van der Waals surface area contributed by atoms with Crippen LogP contribution in [0.3, 0.4) is 0 Å². The number of rotatable bonds is 3. The molecule has 3 rings (SSSR count). The molecule has 1 spiro atoms. The van der Waals surface area contributed by atoms with Gasteiger partial charge in [-0.2, -0.15) is 13.2 Å². The summed E-state index contributed by atoms with van der Waals surface area (Å²) in [6.07, 6.45) is -2.27. The van der Waals surface area contributed by atoms with Gasteiger partial charge in [-0.15, -0.1) is 0 Å². The maximum atomic E-state index is 12.9. The van der Waals surface area contributed by atoms with Crippen molar-refractivity contribution in [2.24, 2.45) is 11.3 Å². The van der Waals surface area contributed by atoms with Gasteiger partial charge in [0.1, 0.15) is 11.2 Å². The Bertz CT molecular complexity index is 714. The van der Waals surface area contributed by atoms with Crippen LogP contribution in [-0.2, 0) is 17.3 Å². The second-order valence-corrected chi connectivity index (χ2v) is 8.67. The van der Waals surface area contributed by atoms with E-state index in [4.69, 9.17) is 9.47 Å². The number of aromatic nitrogens is 1. The molecule has 2 heterocycles. The number of halogens is 3. The predicted molar refractivity (Wildman–Crippen MR) is 92.5 cm³/mol. The number of amides is 1. The van der Waals surface area contributed by atoms with E-state index in [1.165, 1.54) is 13.2 Å². The summed E-state index contributed by atoms with van der Waals surface area (Å²) in [4.78, 5) is 17.7. The number of carbonyl (C=O) groups excluding carboxylic acids is 1. The molecule has 1 amide bonds. The zero-order chi connectivity index (χ0) is 20.0. The molecule has 0 atom stereocenters. The molecule has 0 bridgehead atoms. The number of methoxy groups -OCH3 is 1. The molecule has 1 aliphatic heterocycles. The van der Waals surface area contributed by atoms with Gasteiger partial charge in [-0.05, 0) is 58.1 Å². The van der Waals surface area contributed by atoms with Gasteiger partial charge in [-0.25, -0.2) is 9.78 Å². The van der Waals surface area contributed by atoms with E-state index >= 15 is 0 Å². The van der Waals surface area contributed by atoms with Gasteiger partial charge in [-0.1, -0.05) is 0 Å². The van der Waals surface area contributed by atoms with E-state index in [1.807, 2.05) is 20.8 Å². The summed E-state index contributed by atoms with van der Waals surface area (Å²) < 4.78 is 48.9. The molecule has 0 unspecified atom stereocenters. The zero-order valence-electron chi connectivity index (χ0n) is 16.0. The molecule has 27 heavy (non-hydrogen) atoms. The van der Waals surface area contributed by atoms with Gasteiger partial charge in [0.2, 0.25) is 5.88 Å². The van der Waals surface area contributed by atoms with E-state index in [2.05, 4.69) is 4.98 Å². The van der Waals surface area contributed by atoms with Crippen molar-refractivity contribution in [2.75, 3.05) is 20.2 Å². The van der Waals surface area contributed by atoms with Crippen LogP contribution in [0.5, 0.6) is 5.88 Å². The van der Waals surface area contributed by atoms with Gasteiger partial charge in [0, 0.05) is 24.2 Å². The van der Waals surface area contributed by atoms with Crippen LogP contribution in [0.2, 0.25) is 0 Å². The van der Waals surface area contributed by atoms with Gasteiger partial charge < -0.3 is 14.4 Å². The Morgan fingerprint density at radius 3 is 2.41 bits per heavy atom. The van der Waals surface area contributed by atoms with E-state index in [9.17, 15) is 18.0 Å². The van der Waals surface area contributed by atoms with Crippen LogP contribution in [0.15, 0.2) is 12.1 Å². The van der Waals surface area contributed by atoms with Gasteiger partial charge >= 0.3 is 12.3 Å². The van der Waals surface area contributed by atoms with Crippen LogP contribution in [0, 0.1) is 11.3 Å². The summed E-state index contributed by atoms with van der Waals surface area (Å²) in [6, 6.07) is 2.45. The molecule has 1 aromatic rings. The van der Waals surface area contributed by atoms with Crippen LogP contribution in [0.1, 0.15) is 44.9 Å². The fourth-order valence-corrected chi connectivity index (χ4v) is 4.05. The largest absolute Gasteiger partial charge is 0.481 e. The Morgan fingerprint density at radius 1 is 1.26 bits per heavy atom. The quantitative estimate of drug-likeness (QED) is 0.777. The molecular formula is C19H25F3N2O3. The van der Waals surface area contributed by atoms with Gasteiger partial charge in [-0.3, -0.25) is 0 Å². The first-order chi connectivity index (χ1) is 12.4. The number of hydrogen-bond donors (Lipinski definition) is 0. The molecule has 0 N–H and O–H groups in total. The van der Waals surface area contributed by atoms with Crippen LogP contribution >= 0.6 is 0 Å². The van der Waals surface area contributed by atoms with E-state index < -0.39 is 17.3 Å². The minimum atomic E-state index is -4.48. The van der Waals surface area contributed by atoms with E-state index in [0.717, 1.165) is 18.9 Å². The van der Waals surface area contributed by atoms with Crippen molar-refractivity contribution in [2.45, 2.75) is 51.8 Å². The van der Waals surface area contributed by atoms with Crippen molar-refractivity contribution >= 4 is 6.09 Å². The lowest BCUT2D eigenvalue weighted by Crippen LogP contribution is -2.64. The average molecular weight is 386 g/mol. The van der Waals surface area contributed by atoms with Gasteiger partial charge in [0.05, 0.1) is 7.11 Å². The number of pyridine rings is 1. The first-order valence-electron chi connectivity index (χ1n) is 9.00. The monoisotopic (exact) mass is 386 g/mol. The second kappa shape index (κ2) is 6.56. The summed E-state index contributed by atoms with van der Waals surface area (Å²) in [7, 11) is 1.19. The molecule has 5 nitrogen and oxygen atoms in total. The van der Waals surface area contributed by atoms with Gasteiger partial charge in [0.15, 0.2) is 0 Å². The molecule has 0 radical (unpaired) electrons. The fraction of sp³-hybridized carbons (Fsp3) is 0.684. The third kappa shape index (κ3) is 4.30. The van der Waals surface area contributed by atoms with Crippen LogP contribution in [0.25, 0.3) is 0 Å². The summed E-state index contributed by atoms with van der Waals surface area (Å²) in [6.45, 7) is 6.88. The first kappa shape index (κ1) is 19.8. The lowest BCUT2D eigenvalue weighted by atomic mass is 9.57. The molecule has 150 valence electrons. The van der Waals surface area contributed by atoms with E-state index in [-0.39, 0.29) is 17.4 Å². The molecule has 2 fully saturated rings. The zero-order valence-corrected chi connectivity index (χ0v) is 16.0. The number of ether oxygens (including phenoxy) is 2. The summed E-state index contributed by atoms with van der Waals surface area (Å²) in [5.41, 5.74) is -0.624. The lowest BCUT2D eigenvalue weighted by Gasteiger charge is -2.58. The summed E-state index contributed by atoms with van der Waals surface area (Å²) in [5, 5.41) is 0. The van der Waals surface area contributed by atoms with Crippen molar-refractivity contribution in [3.8, 4) is 5.88 Å². The summed E-state index contributed by atoms with van der Waals surface area (Å²) in [5.74, 6) is -0.0199. The molecule has 1 saturated heterocycles. The maximum Gasteiger partial charge on any atom is 0.421 e. The minimum absolute atomic E-state index is 0.136.